The summed E-state index contributed by atoms with van der Waals surface area (Å²) in [6.07, 6.45) is 0. The van der Waals surface area contributed by atoms with E-state index in [0.29, 0.717) is 0 Å². The lowest BCUT2D eigenvalue weighted by Gasteiger charge is -2.30. The summed E-state index contributed by atoms with van der Waals surface area (Å²) in [5.74, 6) is 0. The summed E-state index contributed by atoms with van der Waals surface area (Å²) in [6, 6.07) is 57.2. The molecule has 9 aromatic rings. The molecule has 0 nitrogen and oxygen atoms in total. The maximum Gasteiger partial charge on any atom is 0.0734 e. The summed E-state index contributed by atoms with van der Waals surface area (Å²) < 4.78 is 0. The van der Waals surface area contributed by atoms with Crippen LogP contribution in [0, 0.1) is 6.92 Å². The lowest BCUT2D eigenvalue weighted by Crippen LogP contribution is -2.25. The Kier molecular flexibility index (Phi) is 4.95. The largest absolute Gasteiger partial charge is 0.140 e. The Balaban J connectivity index is 1.24. The van der Waals surface area contributed by atoms with Gasteiger partial charge in [0.1, 0.15) is 0 Å². The van der Waals surface area contributed by atoms with Crippen LogP contribution in [0.4, 0.5) is 0 Å². The van der Waals surface area contributed by atoms with Gasteiger partial charge in [0.2, 0.25) is 0 Å². The van der Waals surface area contributed by atoms with Gasteiger partial charge in [-0.1, -0.05) is 140 Å². The molecule has 0 amide bonds. The highest BCUT2D eigenvalue weighted by Gasteiger charge is 2.52. The minimum atomic E-state index is -0.313. The number of hydrogen-bond acceptors (Lipinski definition) is 1. The summed E-state index contributed by atoms with van der Waals surface area (Å²) in [5.41, 5.74) is 14.6. The van der Waals surface area contributed by atoms with Crippen LogP contribution in [0.3, 0.4) is 0 Å². The highest BCUT2D eigenvalue weighted by Crippen LogP contribution is 2.65. The van der Waals surface area contributed by atoms with E-state index in [-0.39, 0.29) is 5.41 Å². The predicted octanol–water partition coefficient (Wildman–Crippen LogP) is 12.6. The SMILES string of the molecule is Cc1cc2c(s1)-c1ccccc1C21c2ccccc2-c2c(-c3ccc4cc(-c5ccccc5)c5cccc6ccc3c4c65)cccc21. The first-order valence-corrected chi connectivity index (χ1v) is 17.3. The minimum Gasteiger partial charge on any atom is -0.140 e. The summed E-state index contributed by atoms with van der Waals surface area (Å²) in [4.78, 5) is 2.79. The Bertz CT molecular complexity index is 2740. The molecule has 0 saturated heterocycles. The molecular weight excluding hydrogens is 585 g/mol. The van der Waals surface area contributed by atoms with Crippen LogP contribution >= 0.6 is 11.3 Å². The highest BCUT2D eigenvalue weighted by molar-refractivity contribution is 7.15. The number of rotatable bonds is 2. The van der Waals surface area contributed by atoms with E-state index < -0.39 is 0 Å². The van der Waals surface area contributed by atoms with Crippen LogP contribution in [-0.4, -0.2) is 0 Å². The van der Waals surface area contributed by atoms with Gasteiger partial charge in [0, 0.05) is 9.75 Å². The van der Waals surface area contributed by atoms with Gasteiger partial charge in [-0.15, -0.1) is 11.3 Å². The topological polar surface area (TPSA) is 0 Å². The van der Waals surface area contributed by atoms with Crippen LogP contribution in [0.1, 0.15) is 27.1 Å². The first-order chi connectivity index (χ1) is 23.2. The Morgan fingerprint density at radius 1 is 0.426 bits per heavy atom. The molecule has 1 heterocycles. The van der Waals surface area contributed by atoms with Crippen molar-refractivity contribution in [1.82, 2.24) is 0 Å². The van der Waals surface area contributed by atoms with Crippen LogP contribution in [0.5, 0.6) is 0 Å². The van der Waals surface area contributed by atoms with Crippen molar-refractivity contribution in [1.29, 1.82) is 0 Å². The van der Waals surface area contributed by atoms with Gasteiger partial charge in [-0.2, -0.15) is 0 Å². The van der Waals surface area contributed by atoms with Crippen molar-refractivity contribution in [3.63, 3.8) is 0 Å². The Morgan fingerprint density at radius 3 is 1.96 bits per heavy atom. The molecule has 0 aliphatic heterocycles. The smallest absolute Gasteiger partial charge is 0.0734 e. The quantitative estimate of drug-likeness (QED) is 0.170. The molecule has 1 unspecified atom stereocenters. The van der Waals surface area contributed by atoms with Gasteiger partial charge >= 0.3 is 0 Å². The summed E-state index contributed by atoms with van der Waals surface area (Å²) in [5, 5.41) is 7.93. The van der Waals surface area contributed by atoms with E-state index in [0.717, 1.165) is 0 Å². The van der Waals surface area contributed by atoms with Crippen LogP contribution < -0.4 is 0 Å². The molecule has 2 aliphatic carbocycles. The number of aryl methyl sites for hydroxylation is 1. The average Bonchev–Trinajstić information content (AvgIpc) is 3.75. The second-order valence-corrected chi connectivity index (χ2v) is 14.4. The standard InChI is InChI=1S/C46H28S/c1-27-25-41-45(47-27)36-15-6-8-19-39(36)46(41)38-18-7-5-14-35(38)44-32(17-10-20-40(44)46)31-23-22-30-26-37(28-11-3-2-4-12-28)33-16-9-13-29-21-24-34(31)43(30)42(29)33/h2-26H,1H3. The molecule has 0 saturated carbocycles. The molecule has 0 N–H and O–H groups in total. The van der Waals surface area contributed by atoms with Crippen molar-refractivity contribution >= 4 is 43.7 Å². The fourth-order valence-electron chi connectivity index (χ4n) is 9.20. The van der Waals surface area contributed by atoms with E-state index in [4.69, 9.17) is 0 Å². The first kappa shape index (κ1) is 25.7. The molecule has 11 rings (SSSR count). The van der Waals surface area contributed by atoms with Crippen LogP contribution in [0.2, 0.25) is 0 Å². The van der Waals surface area contributed by atoms with Crippen molar-refractivity contribution in [3.8, 4) is 43.8 Å². The molecule has 0 bridgehead atoms. The molecule has 218 valence electrons. The number of thiophene rings is 1. The van der Waals surface area contributed by atoms with E-state index in [2.05, 4.69) is 159 Å². The minimum absolute atomic E-state index is 0.313. The van der Waals surface area contributed by atoms with Crippen LogP contribution in [0.25, 0.3) is 76.1 Å². The molecule has 0 fully saturated rings. The monoisotopic (exact) mass is 612 g/mol. The van der Waals surface area contributed by atoms with Gasteiger partial charge in [-0.3, -0.25) is 0 Å². The molecular formula is C46H28S. The fraction of sp³-hybridized carbons (Fsp3) is 0.0435. The van der Waals surface area contributed by atoms with Crippen molar-refractivity contribution in [3.05, 3.63) is 179 Å². The molecule has 1 heteroatoms. The number of hydrogen-bond donors (Lipinski definition) is 0. The van der Waals surface area contributed by atoms with E-state index in [1.807, 2.05) is 11.3 Å². The molecule has 1 aromatic heterocycles. The maximum absolute atomic E-state index is 2.46. The third kappa shape index (κ3) is 3.13. The average molecular weight is 613 g/mol. The zero-order valence-electron chi connectivity index (χ0n) is 25.8. The van der Waals surface area contributed by atoms with Crippen molar-refractivity contribution < 1.29 is 0 Å². The van der Waals surface area contributed by atoms with Crippen LogP contribution in [0.15, 0.2) is 152 Å². The van der Waals surface area contributed by atoms with Gasteiger partial charge in [0.15, 0.2) is 0 Å². The maximum atomic E-state index is 2.46. The highest BCUT2D eigenvalue weighted by atomic mass is 32.1. The molecule has 47 heavy (non-hydrogen) atoms. The number of benzene rings is 8. The summed E-state index contributed by atoms with van der Waals surface area (Å²) >= 11 is 1.94. The molecule has 1 atom stereocenters. The first-order valence-electron chi connectivity index (χ1n) is 16.4. The van der Waals surface area contributed by atoms with Gasteiger partial charge in [0.25, 0.3) is 0 Å². The number of fused-ring (bicyclic) bond motifs is 10. The lowest BCUT2D eigenvalue weighted by atomic mass is 9.70. The Hall–Kier alpha value is -5.50. The van der Waals surface area contributed by atoms with Gasteiger partial charge < -0.3 is 0 Å². The third-order valence-corrected chi connectivity index (χ3v) is 12.0. The zero-order chi connectivity index (χ0) is 30.9. The van der Waals surface area contributed by atoms with E-state index in [1.165, 1.54) is 103 Å². The molecule has 0 radical (unpaired) electrons. The van der Waals surface area contributed by atoms with Crippen molar-refractivity contribution in [2.24, 2.45) is 0 Å². The lowest BCUT2D eigenvalue weighted by molar-refractivity contribution is 0.795. The second-order valence-electron chi connectivity index (χ2n) is 13.2. The Morgan fingerprint density at radius 2 is 1.09 bits per heavy atom. The normalized spacial score (nSPS) is 15.9. The second kappa shape index (κ2) is 9.06. The third-order valence-electron chi connectivity index (χ3n) is 10.9. The summed E-state index contributed by atoms with van der Waals surface area (Å²) in [7, 11) is 0. The molecule has 2 aliphatic rings. The molecule has 1 spiro atoms. The van der Waals surface area contributed by atoms with Crippen molar-refractivity contribution in [2.75, 3.05) is 0 Å². The van der Waals surface area contributed by atoms with E-state index in [9.17, 15) is 0 Å². The van der Waals surface area contributed by atoms with Crippen LogP contribution in [-0.2, 0) is 5.41 Å². The summed E-state index contributed by atoms with van der Waals surface area (Å²) in [6.45, 7) is 2.26. The van der Waals surface area contributed by atoms with E-state index >= 15 is 0 Å². The fourth-order valence-corrected chi connectivity index (χ4v) is 10.3. The predicted molar refractivity (Wildman–Crippen MR) is 200 cm³/mol. The van der Waals surface area contributed by atoms with E-state index in [1.54, 1.807) is 0 Å². The van der Waals surface area contributed by atoms with Gasteiger partial charge in [0.05, 0.1) is 5.41 Å². The molecule has 8 aromatic carbocycles. The Labute approximate surface area is 277 Å². The van der Waals surface area contributed by atoms with Crippen molar-refractivity contribution in [2.45, 2.75) is 12.3 Å². The zero-order valence-corrected chi connectivity index (χ0v) is 26.7. The van der Waals surface area contributed by atoms with Gasteiger partial charge in [-0.05, 0) is 113 Å². The van der Waals surface area contributed by atoms with Gasteiger partial charge in [-0.25, -0.2) is 0 Å².